The number of carbonyl (C=O) groups excluding carboxylic acids is 1. The lowest BCUT2D eigenvalue weighted by Gasteiger charge is -2.44. The van der Waals surface area contributed by atoms with Crippen LogP contribution in [0.4, 0.5) is 10.2 Å². The zero-order valence-corrected chi connectivity index (χ0v) is 20.1. The van der Waals surface area contributed by atoms with Crippen molar-refractivity contribution in [3.05, 3.63) is 41.7 Å². The smallest absolute Gasteiger partial charge is 0.246 e. The van der Waals surface area contributed by atoms with E-state index in [-0.39, 0.29) is 22.8 Å². The Balaban J connectivity index is 1.52. The van der Waals surface area contributed by atoms with Crippen molar-refractivity contribution in [2.75, 3.05) is 26.0 Å². The van der Waals surface area contributed by atoms with E-state index in [1.807, 2.05) is 6.07 Å². The van der Waals surface area contributed by atoms with Crippen molar-refractivity contribution in [1.82, 2.24) is 15.1 Å². The van der Waals surface area contributed by atoms with Gasteiger partial charge < -0.3 is 14.9 Å². The van der Waals surface area contributed by atoms with Gasteiger partial charge in [0.2, 0.25) is 5.91 Å². The lowest BCUT2D eigenvalue weighted by molar-refractivity contribution is -0.123. The van der Waals surface area contributed by atoms with E-state index in [9.17, 15) is 14.3 Å². The molecule has 4 rings (SSSR count). The summed E-state index contributed by atoms with van der Waals surface area (Å²) in [5.74, 6) is -0.155. The molecule has 3 atom stereocenters. The summed E-state index contributed by atoms with van der Waals surface area (Å²) in [6.07, 6.45) is 8.80. The van der Waals surface area contributed by atoms with Crippen molar-refractivity contribution in [3.63, 3.8) is 0 Å². The molecule has 2 aliphatic rings. The first kappa shape index (κ1) is 23.2. The summed E-state index contributed by atoms with van der Waals surface area (Å²) in [6.45, 7) is 4.80. The minimum Gasteiger partial charge on any atom is -0.507 e. The van der Waals surface area contributed by atoms with Gasteiger partial charge in [-0.1, -0.05) is 13.8 Å². The molecule has 0 saturated heterocycles. The number of nitrogens with zero attached hydrogens (tertiary/aromatic N) is 4. The monoisotopic (exact) mass is 452 g/mol. The molecule has 1 heterocycles. The lowest BCUT2D eigenvalue weighted by atomic mass is 9.68. The fourth-order valence-corrected chi connectivity index (χ4v) is 5.71. The van der Waals surface area contributed by atoms with E-state index in [0.717, 1.165) is 18.7 Å². The molecule has 1 amide bonds. The predicted octanol–water partition coefficient (Wildman–Crippen LogP) is 4.88. The fourth-order valence-electron chi connectivity index (χ4n) is 5.71. The molecule has 0 unspecified atom stereocenters. The molecule has 1 N–H and O–H groups in total. The first-order chi connectivity index (χ1) is 15.5. The number of carbonyl (C=O) groups is 1. The molecule has 176 valence electrons. The van der Waals surface area contributed by atoms with Crippen molar-refractivity contribution in [2.45, 2.75) is 52.0 Å². The van der Waals surface area contributed by atoms with E-state index < -0.39 is 5.82 Å². The number of phenolic OH excluding ortho intramolecular Hbond substituents is 1. The van der Waals surface area contributed by atoms with Crippen LogP contribution in [0.15, 0.2) is 30.3 Å². The van der Waals surface area contributed by atoms with Crippen molar-refractivity contribution in [3.8, 4) is 17.0 Å². The topological polar surface area (TPSA) is 69.6 Å². The van der Waals surface area contributed by atoms with Gasteiger partial charge in [-0.05, 0) is 73.3 Å². The zero-order valence-electron chi connectivity index (χ0n) is 20.1. The van der Waals surface area contributed by atoms with Gasteiger partial charge in [-0.15, -0.1) is 10.2 Å². The molecule has 2 saturated carbocycles. The van der Waals surface area contributed by atoms with Gasteiger partial charge in [-0.3, -0.25) is 4.79 Å². The van der Waals surface area contributed by atoms with E-state index in [1.54, 1.807) is 20.2 Å². The Morgan fingerprint density at radius 1 is 1.12 bits per heavy atom. The minimum atomic E-state index is -0.548. The normalized spacial score (nSPS) is 26.5. The summed E-state index contributed by atoms with van der Waals surface area (Å²) < 4.78 is 14.6. The molecule has 2 bridgehead atoms. The second-order valence-electron chi connectivity index (χ2n) is 10.7. The Morgan fingerprint density at radius 2 is 1.79 bits per heavy atom. The highest BCUT2D eigenvalue weighted by Gasteiger charge is 2.50. The van der Waals surface area contributed by atoms with Crippen molar-refractivity contribution in [2.24, 2.45) is 10.8 Å². The number of anilines is 1. The Kier molecular flexibility index (Phi) is 5.93. The van der Waals surface area contributed by atoms with Crippen molar-refractivity contribution < 1.29 is 14.3 Å². The largest absolute Gasteiger partial charge is 0.507 e. The van der Waals surface area contributed by atoms with Crippen LogP contribution in [0.25, 0.3) is 17.3 Å². The summed E-state index contributed by atoms with van der Waals surface area (Å²) in [4.78, 5) is 15.3. The molecule has 1 aromatic carbocycles. The van der Waals surface area contributed by atoms with E-state index in [4.69, 9.17) is 0 Å². The van der Waals surface area contributed by atoms with Gasteiger partial charge in [0.1, 0.15) is 11.6 Å². The molecule has 0 spiro atoms. The highest BCUT2D eigenvalue weighted by atomic mass is 19.1. The summed E-state index contributed by atoms with van der Waals surface area (Å²) in [5, 5.41) is 19.2. The Bertz CT molecular complexity index is 1070. The molecule has 1 aromatic heterocycles. The molecule has 0 radical (unpaired) electrons. The second-order valence-corrected chi connectivity index (χ2v) is 10.7. The lowest BCUT2D eigenvalue weighted by Crippen LogP contribution is -2.42. The predicted molar refractivity (Wildman–Crippen MR) is 128 cm³/mol. The Morgan fingerprint density at radius 3 is 2.36 bits per heavy atom. The highest BCUT2D eigenvalue weighted by molar-refractivity contribution is 5.91. The Labute approximate surface area is 195 Å². The summed E-state index contributed by atoms with van der Waals surface area (Å²) in [5.41, 5.74) is 1.59. The molecule has 7 heteroatoms. The van der Waals surface area contributed by atoms with Gasteiger partial charge >= 0.3 is 0 Å². The number of phenols is 1. The van der Waals surface area contributed by atoms with Crippen molar-refractivity contribution in [1.29, 1.82) is 0 Å². The average Bonchev–Trinajstić information content (AvgIpc) is 2.99. The summed E-state index contributed by atoms with van der Waals surface area (Å²) in [6, 6.07) is 6.58. The fraction of sp³-hybridized carbons (Fsp3) is 0.500. The summed E-state index contributed by atoms with van der Waals surface area (Å²) >= 11 is 0. The molecule has 2 aromatic rings. The Hall–Kier alpha value is -2.96. The number of hydrogen-bond donors (Lipinski definition) is 1. The number of amides is 1. The second kappa shape index (κ2) is 8.43. The van der Waals surface area contributed by atoms with Gasteiger partial charge in [-0.2, -0.15) is 0 Å². The third-order valence-corrected chi connectivity index (χ3v) is 7.44. The van der Waals surface area contributed by atoms with Crippen LogP contribution in [0.2, 0.25) is 0 Å². The number of hydrogen-bond acceptors (Lipinski definition) is 5. The number of aromatic nitrogens is 2. The van der Waals surface area contributed by atoms with E-state index >= 15 is 0 Å². The first-order valence-electron chi connectivity index (χ1n) is 11.5. The van der Waals surface area contributed by atoms with Crippen LogP contribution in [0.1, 0.15) is 51.5 Å². The van der Waals surface area contributed by atoms with Gasteiger partial charge in [0.25, 0.3) is 0 Å². The number of rotatable bonds is 5. The van der Waals surface area contributed by atoms with Crippen LogP contribution in [0, 0.1) is 16.6 Å². The average molecular weight is 453 g/mol. The van der Waals surface area contributed by atoms with Crippen molar-refractivity contribution >= 4 is 17.8 Å². The van der Waals surface area contributed by atoms with E-state index in [2.05, 4.69) is 36.0 Å². The number of fused-ring (bicyclic) bond motifs is 2. The van der Waals surface area contributed by atoms with Gasteiger partial charge in [0.05, 0.1) is 5.69 Å². The van der Waals surface area contributed by atoms with Crippen LogP contribution < -0.4 is 4.90 Å². The highest BCUT2D eigenvalue weighted by Crippen LogP contribution is 2.58. The van der Waals surface area contributed by atoms with E-state index in [1.165, 1.54) is 48.4 Å². The molecular formula is C26H33FN4O2. The third kappa shape index (κ3) is 4.72. The zero-order chi connectivity index (χ0) is 24.0. The third-order valence-electron chi connectivity index (χ3n) is 7.44. The minimum absolute atomic E-state index is 0.117. The molecule has 2 aliphatic carbocycles. The van der Waals surface area contributed by atoms with Crippen LogP contribution >= 0.6 is 0 Å². The maximum Gasteiger partial charge on any atom is 0.246 e. The number of likely N-dealkylation sites (N-methyl/N-ethyl adjacent to an activating group) is 1. The summed E-state index contributed by atoms with van der Waals surface area (Å²) in [7, 11) is 5.30. The molecular weight excluding hydrogens is 419 g/mol. The molecule has 6 nitrogen and oxygen atoms in total. The molecule has 33 heavy (non-hydrogen) atoms. The van der Waals surface area contributed by atoms with Gasteiger partial charge in [0, 0.05) is 44.4 Å². The van der Waals surface area contributed by atoms with Crippen LogP contribution in [-0.2, 0) is 4.79 Å². The van der Waals surface area contributed by atoms with Gasteiger partial charge in [-0.25, -0.2) is 4.39 Å². The molecule has 2 fully saturated rings. The van der Waals surface area contributed by atoms with Gasteiger partial charge in [0.15, 0.2) is 5.82 Å². The quantitative estimate of drug-likeness (QED) is 0.655. The number of benzene rings is 1. The molecule has 0 aliphatic heterocycles. The standard InChI is InChI=1S/C26H33FN4O2/c1-25-10-11-26(2,16-25)15-18(14-25)31(5)23-8-7-21(28-29-23)19-13-20(27)17(12-22(19)32)6-9-24(33)30(3)4/h6-9,12-13,18,32H,10-11,14-16H2,1-5H3/b9-6+/t18-,25-,26+. The number of halogens is 1. The number of aromatic hydroxyl groups is 1. The van der Waals surface area contributed by atoms with E-state index in [0.29, 0.717) is 22.6 Å². The maximum absolute atomic E-state index is 14.6. The first-order valence-corrected chi connectivity index (χ1v) is 11.5. The van der Waals surface area contributed by atoms with Crippen LogP contribution in [0.5, 0.6) is 5.75 Å². The van der Waals surface area contributed by atoms with Crippen LogP contribution in [0.3, 0.4) is 0 Å². The maximum atomic E-state index is 14.6. The van der Waals surface area contributed by atoms with Crippen LogP contribution in [-0.4, -0.2) is 53.3 Å². The SMILES string of the molecule is CN(C)C(=O)/C=C/c1cc(O)c(-c2ccc(N(C)[C@H]3C[C@]4(C)CC[C@](C)(C3)C4)nn2)cc1F.